The van der Waals surface area contributed by atoms with Crippen LogP contribution >= 0.6 is 21.6 Å². The molecule has 0 atom stereocenters. The Morgan fingerprint density at radius 1 is 1.40 bits per heavy atom. The molecule has 0 aliphatic rings. The number of pyridine rings is 1. The molecule has 0 unspecified atom stereocenters. The van der Waals surface area contributed by atoms with Gasteiger partial charge < -0.3 is 4.74 Å². The van der Waals surface area contributed by atoms with Crippen molar-refractivity contribution >= 4 is 38.9 Å². The SMILES string of the molecule is C=Cc1cnc2c(ncn2COCCS(C)(C)C)c1Cl. The van der Waals surface area contributed by atoms with Crippen LogP contribution in [-0.2, 0) is 11.5 Å². The standard InChI is InChI=1S/C14H20ClN3OS/c1-5-11-8-16-14-13(12(11)15)17-9-18(14)10-19-6-7-20(2,3)4/h5,8-9H,1,6-7,10H2,2-4H3. The van der Waals surface area contributed by atoms with Gasteiger partial charge >= 0.3 is 0 Å². The fourth-order valence-corrected chi connectivity index (χ4v) is 2.58. The number of nitrogens with zero attached hydrogens (tertiary/aromatic N) is 3. The van der Waals surface area contributed by atoms with Gasteiger partial charge in [0.05, 0.1) is 18.0 Å². The Morgan fingerprint density at radius 3 is 2.80 bits per heavy atom. The summed E-state index contributed by atoms with van der Waals surface area (Å²) < 4.78 is 7.57. The highest BCUT2D eigenvalue weighted by molar-refractivity contribution is 8.32. The van der Waals surface area contributed by atoms with Crippen LogP contribution in [0.4, 0.5) is 0 Å². The van der Waals surface area contributed by atoms with Gasteiger partial charge in [-0.05, 0) is 18.8 Å². The summed E-state index contributed by atoms with van der Waals surface area (Å²) in [4.78, 5) is 8.67. The quantitative estimate of drug-likeness (QED) is 0.767. The second-order valence-corrected chi connectivity index (χ2v) is 10.4. The summed E-state index contributed by atoms with van der Waals surface area (Å²) >= 11 is 6.25. The van der Waals surface area contributed by atoms with Crippen LogP contribution in [-0.4, -0.2) is 45.7 Å². The summed E-state index contributed by atoms with van der Waals surface area (Å²) in [6, 6.07) is 0. The lowest BCUT2D eigenvalue weighted by molar-refractivity contribution is 0.0920. The lowest BCUT2D eigenvalue weighted by atomic mass is 10.2. The molecule has 0 fully saturated rings. The number of halogens is 1. The molecule has 2 aromatic heterocycles. The van der Waals surface area contributed by atoms with E-state index in [0.29, 0.717) is 17.3 Å². The number of hydrogen-bond donors (Lipinski definition) is 0. The first-order chi connectivity index (χ1) is 9.42. The molecule has 0 bridgehead atoms. The Morgan fingerprint density at radius 2 is 2.15 bits per heavy atom. The second-order valence-electron chi connectivity index (χ2n) is 5.45. The largest absolute Gasteiger partial charge is 0.360 e. The molecule has 0 saturated carbocycles. The summed E-state index contributed by atoms with van der Waals surface area (Å²) in [6.45, 7) is 4.90. The van der Waals surface area contributed by atoms with E-state index in [1.807, 2.05) is 4.57 Å². The normalized spacial score (nSPS) is 12.8. The van der Waals surface area contributed by atoms with Crippen LogP contribution in [0.5, 0.6) is 0 Å². The Balaban J connectivity index is 2.08. The van der Waals surface area contributed by atoms with Crippen molar-refractivity contribution in [2.45, 2.75) is 6.73 Å². The molecule has 0 radical (unpaired) electrons. The second kappa shape index (κ2) is 6.16. The third-order valence-electron chi connectivity index (χ3n) is 2.89. The minimum atomic E-state index is -0.521. The molecule has 2 aromatic rings. The zero-order chi connectivity index (χ0) is 14.8. The summed E-state index contributed by atoms with van der Waals surface area (Å²) in [7, 11) is -0.521. The average molecular weight is 314 g/mol. The number of rotatable bonds is 6. The predicted molar refractivity (Wildman–Crippen MR) is 88.8 cm³/mol. The first-order valence-corrected chi connectivity index (χ1v) is 9.68. The van der Waals surface area contributed by atoms with Gasteiger partial charge in [0.2, 0.25) is 0 Å². The number of imidazole rings is 1. The predicted octanol–water partition coefficient (Wildman–Crippen LogP) is 3.40. The van der Waals surface area contributed by atoms with E-state index in [-0.39, 0.29) is 0 Å². The highest BCUT2D eigenvalue weighted by Crippen LogP contribution is 2.33. The topological polar surface area (TPSA) is 39.9 Å². The van der Waals surface area contributed by atoms with Gasteiger partial charge in [-0.2, -0.15) is 0 Å². The molecule has 2 heterocycles. The van der Waals surface area contributed by atoms with E-state index in [2.05, 4.69) is 35.3 Å². The van der Waals surface area contributed by atoms with E-state index in [0.717, 1.165) is 23.6 Å². The van der Waals surface area contributed by atoms with Crippen LogP contribution in [0.2, 0.25) is 5.02 Å². The molecule has 4 nitrogen and oxygen atoms in total. The van der Waals surface area contributed by atoms with Crippen LogP contribution in [0, 0.1) is 0 Å². The Labute approximate surface area is 126 Å². The maximum Gasteiger partial charge on any atom is 0.163 e. The minimum Gasteiger partial charge on any atom is -0.360 e. The van der Waals surface area contributed by atoms with Crippen molar-refractivity contribution in [3.63, 3.8) is 0 Å². The van der Waals surface area contributed by atoms with Crippen LogP contribution in [0.3, 0.4) is 0 Å². The van der Waals surface area contributed by atoms with E-state index in [4.69, 9.17) is 16.3 Å². The van der Waals surface area contributed by atoms with E-state index in [1.54, 1.807) is 18.6 Å². The van der Waals surface area contributed by atoms with Crippen molar-refractivity contribution in [3.05, 3.63) is 29.7 Å². The number of aromatic nitrogens is 3. The number of fused-ring (bicyclic) bond motifs is 1. The van der Waals surface area contributed by atoms with Crippen LogP contribution in [0.1, 0.15) is 5.56 Å². The third-order valence-corrected chi connectivity index (χ3v) is 4.68. The highest BCUT2D eigenvalue weighted by atomic mass is 35.5. The van der Waals surface area contributed by atoms with Gasteiger partial charge in [0, 0.05) is 17.5 Å². The van der Waals surface area contributed by atoms with E-state index >= 15 is 0 Å². The molecule has 6 heteroatoms. The molecule has 0 aliphatic carbocycles. The zero-order valence-corrected chi connectivity index (χ0v) is 13.7. The minimum absolute atomic E-state index is 0.447. The molecule has 0 N–H and O–H groups in total. The van der Waals surface area contributed by atoms with Gasteiger partial charge in [0.1, 0.15) is 12.2 Å². The van der Waals surface area contributed by atoms with Crippen molar-refractivity contribution in [1.82, 2.24) is 14.5 Å². The Kier molecular flexibility index (Phi) is 4.73. The summed E-state index contributed by atoms with van der Waals surface area (Å²) in [6.07, 6.45) is 11.9. The van der Waals surface area contributed by atoms with E-state index < -0.39 is 10.0 Å². The van der Waals surface area contributed by atoms with Gasteiger partial charge in [0.15, 0.2) is 5.65 Å². The molecule has 0 spiro atoms. The fourth-order valence-electron chi connectivity index (χ4n) is 1.70. The Hall–Kier alpha value is -1.04. The van der Waals surface area contributed by atoms with Crippen molar-refractivity contribution in [1.29, 1.82) is 0 Å². The monoisotopic (exact) mass is 313 g/mol. The molecule has 110 valence electrons. The molecule has 0 aromatic carbocycles. The van der Waals surface area contributed by atoms with Gasteiger partial charge in [-0.1, -0.05) is 24.3 Å². The molecule has 0 aliphatic heterocycles. The lowest BCUT2D eigenvalue weighted by Crippen LogP contribution is -2.09. The van der Waals surface area contributed by atoms with Gasteiger partial charge in [-0.3, -0.25) is 4.57 Å². The van der Waals surface area contributed by atoms with Gasteiger partial charge in [0.25, 0.3) is 0 Å². The third kappa shape index (κ3) is 3.53. The molecule has 0 amide bonds. The first kappa shape index (κ1) is 15.4. The van der Waals surface area contributed by atoms with E-state index in [1.165, 1.54) is 0 Å². The summed E-state index contributed by atoms with van der Waals surface area (Å²) in [5.41, 5.74) is 2.22. The van der Waals surface area contributed by atoms with Gasteiger partial charge in [-0.15, -0.1) is 0 Å². The van der Waals surface area contributed by atoms with Crippen LogP contribution in [0.15, 0.2) is 19.1 Å². The Bertz CT molecular complexity index is 619. The lowest BCUT2D eigenvalue weighted by Gasteiger charge is -2.24. The average Bonchev–Trinajstić information content (AvgIpc) is 2.78. The zero-order valence-electron chi connectivity index (χ0n) is 12.1. The molecular formula is C14H20ClN3OS. The van der Waals surface area contributed by atoms with Crippen LogP contribution in [0.25, 0.3) is 17.2 Å². The maximum atomic E-state index is 6.25. The van der Waals surface area contributed by atoms with Crippen molar-refractivity contribution < 1.29 is 4.74 Å². The first-order valence-electron chi connectivity index (χ1n) is 6.28. The molecule has 0 saturated heterocycles. The maximum absolute atomic E-state index is 6.25. The molecule has 2 rings (SSSR count). The van der Waals surface area contributed by atoms with E-state index in [9.17, 15) is 0 Å². The summed E-state index contributed by atoms with van der Waals surface area (Å²) in [5.74, 6) is 1.09. The van der Waals surface area contributed by atoms with Gasteiger partial charge in [-0.25, -0.2) is 20.0 Å². The highest BCUT2D eigenvalue weighted by Gasteiger charge is 2.10. The number of hydrogen-bond acceptors (Lipinski definition) is 3. The smallest absolute Gasteiger partial charge is 0.163 e. The fraction of sp³-hybridized carbons (Fsp3) is 0.429. The molecule has 20 heavy (non-hydrogen) atoms. The van der Waals surface area contributed by atoms with Crippen LogP contribution < -0.4 is 0 Å². The van der Waals surface area contributed by atoms with Crippen molar-refractivity contribution in [2.75, 3.05) is 31.1 Å². The van der Waals surface area contributed by atoms with Crippen molar-refractivity contribution in [3.8, 4) is 0 Å². The van der Waals surface area contributed by atoms with Crippen molar-refractivity contribution in [2.24, 2.45) is 0 Å². The summed E-state index contributed by atoms with van der Waals surface area (Å²) in [5, 5.41) is 0.586. The molecular weight excluding hydrogens is 294 g/mol. The number of ether oxygens (including phenoxy) is 1.